The quantitative estimate of drug-likeness (QED) is 0.380. The van der Waals surface area contributed by atoms with Crippen molar-refractivity contribution < 1.29 is 42.9 Å². The van der Waals surface area contributed by atoms with E-state index in [1.54, 1.807) is 6.92 Å². The lowest BCUT2D eigenvalue weighted by molar-refractivity contribution is -0.266. The number of esters is 3. The Morgan fingerprint density at radius 3 is 2.33 bits per heavy atom. The molecule has 1 heterocycles. The minimum absolute atomic E-state index is 0.119. The Hall–Kier alpha value is -2.85. The van der Waals surface area contributed by atoms with Gasteiger partial charge in [0.2, 0.25) is 18.8 Å². The van der Waals surface area contributed by atoms with Gasteiger partial charge in [-0.15, -0.1) is 0 Å². The van der Waals surface area contributed by atoms with Crippen LogP contribution in [0.3, 0.4) is 0 Å². The Bertz CT molecular complexity index is 815. The van der Waals surface area contributed by atoms with Crippen molar-refractivity contribution in [1.82, 2.24) is 0 Å². The number of carbonyl (C=O) groups is 4. The van der Waals surface area contributed by atoms with Crippen LogP contribution in [-0.4, -0.2) is 56.0 Å². The second kappa shape index (κ2) is 10.3. The van der Waals surface area contributed by atoms with Crippen LogP contribution in [0.2, 0.25) is 5.02 Å². The summed E-state index contributed by atoms with van der Waals surface area (Å²) in [5.74, 6) is -2.66. The molecule has 0 bridgehead atoms. The topological polar surface area (TPSA) is 126 Å². The van der Waals surface area contributed by atoms with E-state index in [1.165, 1.54) is 39.2 Å². The van der Waals surface area contributed by atoms with Crippen LogP contribution in [-0.2, 0) is 38.1 Å². The van der Waals surface area contributed by atoms with Gasteiger partial charge in [0.15, 0.2) is 12.2 Å². The van der Waals surface area contributed by atoms with Gasteiger partial charge in [-0.2, -0.15) is 0 Å². The van der Waals surface area contributed by atoms with Crippen LogP contribution in [0.5, 0.6) is 5.75 Å². The Morgan fingerprint density at radius 2 is 1.77 bits per heavy atom. The van der Waals surface area contributed by atoms with Crippen molar-refractivity contribution in [2.75, 3.05) is 12.4 Å². The molecule has 164 valence electrons. The molecule has 0 aromatic heterocycles. The largest absolute Gasteiger partial charge is 0.467 e. The second-order valence-corrected chi connectivity index (χ2v) is 6.91. The molecule has 0 aliphatic carbocycles. The molecule has 2 rings (SSSR count). The highest BCUT2D eigenvalue weighted by Crippen LogP contribution is 2.35. The molecule has 1 N–H and O–H groups in total. The number of rotatable bonds is 7. The fraction of sp³-hybridized carbons (Fsp3) is 0.474. The molecule has 1 aliphatic rings. The molecule has 5 atom stereocenters. The van der Waals surface area contributed by atoms with Crippen LogP contribution in [0.4, 0.5) is 5.69 Å². The maximum atomic E-state index is 12.2. The van der Waals surface area contributed by atoms with Gasteiger partial charge < -0.3 is 29.0 Å². The first-order chi connectivity index (χ1) is 14.2. The van der Waals surface area contributed by atoms with Crippen LogP contribution in [0.15, 0.2) is 18.2 Å². The van der Waals surface area contributed by atoms with Crippen LogP contribution in [0.1, 0.15) is 20.8 Å². The van der Waals surface area contributed by atoms with E-state index in [0.29, 0.717) is 11.4 Å². The van der Waals surface area contributed by atoms with Crippen LogP contribution < -0.4 is 10.1 Å². The molecule has 1 aromatic carbocycles. The number of ether oxygens (including phenoxy) is 5. The third kappa shape index (κ3) is 5.61. The van der Waals surface area contributed by atoms with E-state index < -0.39 is 48.4 Å². The lowest BCUT2D eigenvalue weighted by atomic mass is 9.90. The molecule has 1 fully saturated rings. The molecule has 1 amide bonds. The minimum Gasteiger partial charge on any atom is -0.467 e. The summed E-state index contributed by atoms with van der Waals surface area (Å²) in [6, 6.07) is 4.38. The van der Waals surface area contributed by atoms with E-state index in [-0.39, 0.29) is 11.4 Å². The van der Waals surface area contributed by atoms with Crippen molar-refractivity contribution in [3.8, 4) is 5.75 Å². The summed E-state index contributed by atoms with van der Waals surface area (Å²) in [6.07, 6.45) is -4.39. The highest BCUT2D eigenvalue weighted by atomic mass is 35.5. The van der Waals surface area contributed by atoms with Crippen molar-refractivity contribution in [1.29, 1.82) is 0 Å². The molecule has 0 unspecified atom stereocenters. The first kappa shape index (κ1) is 23.4. The van der Waals surface area contributed by atoms with Crippen LogP contribution >= 0.6 is 11.6 Å². The summed E-state index contributed by atoms with van der Waals surface area (Å²) < 4.78 is 26.9. The number of benzene rings is 1. The Morgan fingerprint density at radius 1 is 1.13 bits per heavy atom. The van der Waals surface area contributed by atoms with Crippen molar-refractivity contribution in [3.05, 3.63) is 23.2 Å². The van der Waals surface area contributed by atoms with Gasteiger partial charge in [-0.1, -0.05) is 18.5 Å². The minimum atomic E-state index is -1.37. The van der Waals surface area contributed by atoms with Crippen molar-refractivity contribution in [2.45, 2.75) is 45.4 Å². The first-order valence-electron chi connectivity index (χ1n) is 8.92. The van der Waals surface area contributed by atoms with E-state index in [4.69, 9.17) is 35.3 Å². The number of carbonyl (C=O) groups excluding carboxylic acids is 4. The van der Waals surface area contributed by atoms with Crippen molar-refractivity contribution in [2.24, 2.45) is 5.92 Å². The van der Waals surface area contributed by atoms with Crippen LogP contribution in [0, 0.1) is 5.92 Å². The van der Waals surface area contributed by atoms with Gasteiger partial charge in [0.1, 0.15) is 5.75 Å². The van der Waals surface area contributed by atoms with Crippen LogP contribution in [0.25, 0.3) is 0 Å². The summed E-state index contributed by atoms with van der Waals surface area (Å²) >= 11 is 5.95. The Labute approximate surface area is 177 Å². The maximum absolute atomic E-state index is 12.2. The molecular weight excluding hydrogens is 422 g/mol. The highest BCUT2D eigenvalue weighted by molar-refractivity contribution is 6.31. The zero-order valence-electron chi connectivity index (χ0n) is 16.7. The third-order valence-corrected chi connectivity index (χ3v) is 4.54. The van der Waals surface area contributed by atoms with Gasteiger partial charge in [-0.25, -0.2) is 4.79 Å². The van der Waals surface area contributed by atoms with E-state index in [2.05, 4.69) is 5.32 Å². The van der Waals surface area contributed by atoms with Gasteiger partial charge in [-0.3, -0.25) is 14.4 Å². The molecule has 1 aliphatic heterocycles. The number of halogens is 1. The number of nitrogens with one attached hydrogen (secondary N) is 1. The fourth-order valence-corrected chi connectivity index (χ4v) is 3.21. The third-order valence-electron chi connectivity index (χ3n) is 4.31. The lowest BCUT2D eigenvalue weighted by Crippen LogP contribution is -2.60. The molecule has 0 saturated carbocycles. The molecule has 10 nitrogen and oxygen atoms in total. The van der Waals surface area contributed by atoms with E-state index in [9.17, 15) is 19.2 Å². The monoisotopic (exact) mass is 443 g/mol. The van der Waals surface area contributed by atoms with Gasteiger partial charge >= 0.3 is 17.9 Å². The molecule has 0 radical (unpaired) electrons. The SMILES string of the molecule is COC(=O)[C@H]1O[C@@H](Oc2ccc(Cl)cc2NC=O)[C@H](OC(C)=O)[C@@H](OC(C)=O)[C@@H]1C. The number of hydrogen-bond acceptors (Lipinski definition) is 9. The van der Waals surface area contributed by atoms with E-state index in [0.717, 1.165) is 0 Å². The van der Waals surface area contributed by atoms with E-state index >= 15 is 0 Å². The normalized spacial score (nSPS) is 25.6. The van der Waals surface area contributed by atoms with Crippen molar-refractivity contribution >= 4 is 41.6 Å². The number of hydrogen-bond donors (Lipinski definition) is 1. The average Bonchev–Trinajstić information content (AvgIpc) is 2.67. The number of amides is 1. The zero-order valence-corrected chi connectivity index (χ0v) is 17.5. The van der Waals surface area contributed by atoms with E-state index in [1.807, 2.05) is 0 Å². The molecule has 0 spiro atoms. The Balaban J connectivity index is 2.46. The van der Waals surface area contributed by atoms with Gasteiger partial charge in [0.25, 0.3) is 0 Å². The predicted octanol–water partition coefficient (Wildman–Crippen LogP) is 1.68. The Kier molecular flexibility index (Phi) is 8.01. The highest BCUT2D eigenvalue weighted by Gasteiger charge is 2.52. The number of anilines is 1. The van der Waals surface area contributed by atoms with Crippen molar-refractivity contribution in [3.63, 3.8) is 0 Å². The first-order valence-corrected chi connectivity index (χ1v) is 9.29. The molecule has 30 heavy (non-hydrogen) atoms. The number of methoxy groups -OCH3 is 1. The fourth-order valence-electron chi connectivity index (χ4n) is 3.04. The summed E-state index contributed by atoms with van der Waals surface area (Å²) in [6.45, 7) is 3.94. The molecule has 1 aromatic rings. The standard InChI is InChI=1S/C19H22ClNO9/c1-9-15(27-10(2)23)17(28-11(3)24)19(30-16(9)18(25)26-4)29-14-6-5-12(20)7-13(14)21-8-22/h5-9,15-17,19H,1-4H3,(H,21,22)/t9-,15-,16-,17+,19+/m0/s1. The van der Waals surface area contributed by atoms with Gasteiger partial charge in [0.05, 0.1) is 12.8 Å². The summed E-state index contributed by atoms with van der Waals surface area (Å²) in [5.41, 5.74) is 0.208. The molecule has 11 heteroatoms. The summed E-state index contributed by atoms with van der Waals surface area (Å²) in [7, 11) is 1.18. The average molecular weight is 444 g/mol. The predicted molar refractivity (Wildman–Crippen MR) is 103 cm³/mol. The zero-order chi connectivity index (χ0) is 22.4. The summed E-state index contributed by atoms with van der Waals surface area (Å²) in [4.78, 5) is 46.5. The van der Waals surface area contributed by atoms with Gasteiger partial charge in [-0.05, 0) is 18.2 Å². The van der Waals surface area contributed by atoms with Gasteiger partial charge in [0, 0.05) is 24.8 Å². The second-order valence-electron chi connectivity index (χ2n) is 6.48. The summed E-state index contributed by atoms with van der Waals surface area (Å²) in [5, 5.41) is 2.75. The molecule has 1 saturated heterocycles. The lowest BCUT2D eigenvalue weighted by Gasteiger charge is -2.42. The smallest absolute Gasteiger partial charge is 0.335 e. The molecular formula is C19H22ClNO9. The maximum Gasteiger partial charge on any atom is 0.335 e.